The van der Waals surface area contributed by atoms with E-state index in [-0.39, 0.29) is 0 Å². The van der Waals surface area contributed by atoms with Crippen molar-refractivity contribution in [1.82, 2.24) is 4.98 Å². The van der Waals surface area contributed by atoms with Crippen molar-refractivity contribution in [3.05, 3.63) is 24.3 Å². The van der Waals surface area contributed by atoms with Gasteiger partial charge in [-0.05, 0) is 31.9 Å². The molecule has 0 saturated heterocycles. The molecule has 0 amide bonds. The Morgan fingerprint density at radius 1 is 1.26 bits per heavy atom. The average Bonchev–Trinajstić information content (AvgIpc) is 2.89. The van der Waals surface area contributed by atoms with E-state index in [1.807, 2.05) is 19.2 Å². The summed E-state index contributed by atoms with van der Waals surface area (Å²) in [5, 5.41) is 7.75. The van der Waals surface area contributed by atoms with Crippen molar-refractivity contribution in [2.24, 2.45) is 5.10 Å². The molecule has 1 aliphatic carbocycles. The van der Waals surface area contributed by atoms with E-state index in [0.717, 1.165) is 10.6 Å². The van der Waals surface area contributed by atoms with Crippen LogP contribution in [-0.4, -0.2) is 17.2 Å². The molecule has 1 heterocycles. The minimum absolute atomic E-state index is 0.519. The molecule has 19 heavy (non-hydrogen) atoms. The Kier molecular flexibility index (Phi) is 3.78. The van der Waals surface area contributed by atoms with Crippen LogP contribution < -0.4 is 5.01 Å². The van der Waals surface area contributed by atoms with Crippen molar-refractivity contribution in [2.75, 3.05) is 5.01 Å². The molecule has 0 spiro atoms. The number of hydrogen-bond acceptors (Lipinski definition) is 4. The fraction of sp³-hybridized carbons (Fsp3) is 0.467. The number of hydrogen-bond donors (Lipinski definition) is 0. The van der Waals surface area contributed by atoms with Gasteiger partial charge in [0.15, 0.2) is 0 Å². The lowest BCUT2D eigenvalue weighted by Gasteiger charge is -2.29. The molecule has 3 nitrogen and oxygen atoms in total. The monoisotopic (exact) mass is 273 g/mol. The largest absolute Gasteiger partial charge is 0.236 e. The summed E-state index contributed by atoms with van der Waals surface area (Å²) in [7, 11) is 0. The maximum atomic E-state index is 4.74. The number of nitrogens with zero attached hydrogens (tertiary/aromatic N) is 3. The number of anilines is 1. The van der Waals surface area contributed by atoms with Crippen LogP contribution in [0, 0.1) is 0 Å². The Bertz CT molecular complexity index is 537. The van der Waals surface area contributed by atoms with Crippen molar-refractivity contribution in [1.29, 1.82) is 0 Å². The van der Waals surface area contributed by atoms with Crippen LogP contribution in [0.4, 0.5) is 5.13 Å². The second-order valence-corrected chi connectivity index (χ2v) is 5.98. The van der Waals surface area contributed by atoms with Gasteiger partial charge < -0.3 is 0 Å². The summed E-state index contributed by atoms with van der Waals surface area (Å²) in [5.41, 5.74) is 1.08. The quantitative estimate of drug-likeness (QED) is 0.611. The molecule has 1 aliphatic rings. The summed E-state index contributed by atoms with van der Waals surface area (Å²) in [4.78, 5) is 4.74. The molecule has 0 atom stereocenters. The molecule has 4 heteroatoms. The fourth-order valence-electron chi connectivity index (χ4n) is 2.71. The summed E-state index contributed by atoms with van der Waals surface area (Å²) in [6.45, 7) is 1.98. The molecular weight excluding hydrogens is 254 g/mol. The molecule has 0 unspecified atom stereocenters. The van der Waals surface area contributed by atoms with Gasteiger partial charge in [0.05, 0.1) is 16.3 Å². The third-order valence-corrected chi connectivity index (χ3v) is 4.67. The van der Waals surface area contributed by atoms with Gasteiger partial charge in [-0.3, -0.25) is 0 Å². The Hall–Kier alpha value is -1.42. The molecule has 1 fully saturated rings. The fourth-order valence-corrected chi connectivity index (χ4v) is 3.70. The second-order valence-electron chi connectivity index (χ2n) is 4.97. The highest BCUT2D eigenvalue weighted by Crippen LogP contribution is 2.33. The van der Waals surface area contributed by atoms with Gasteiger partial charge in [0.1, 0.15) is 0 Å². The number of para-hydroxylation sites is 1. The van der Waals surface area contributed by atoms with Gasteiger partial charge in [-0.1, -0.05) is 42.7 Å². The van der Waals surface area contributed by atoms with Crippen LogP contribution in [0.15, 0.2) is 29.4 Å². The molecule has 1 aromatic carbocycles. The first-order valence-corrected chi connectivity index (χ1v) is 7.83. The molecule has 3 rings (SSSR count). The number of benzene rings is 1. The first kappa shape index (κ1) is 12.6. The zero-order valence-corrected chi connectivity index (χ0v) is 12.1. The number of fused-ring (bicyclic) bond motifs is 1. The summed E-state index contributed by atoms with van der Waals surface area (Å²) >= 11 is 1.74. The highest BCUT2D eigenvalue weighted by atomic mass is 32.1. The summed E-state index contributed by atoms with van der Waals surface area (Å²) < 4.78 is 1.24. The van der Waals surface area contributed by atoms with E-state index < -0.39 is 0 Å². The lowest BCUT2D eigenvalue weighted by molar-refractivity contribution is 0.419. The normalized spacial score (nSPS) is 17.3. The van der Waals surface area contributed by atoms with Gasteiger partial charge in [0.25, 0.3) is 0 Å². The molecule has 1 aromatic heterocycles. The SMILES string of the molecule is C/C=N/N(c1nc2ccccc2s1)C1CCCCC1. The van der Waals surface area contributed by atoms with Crippen LogP contribution in [0.1, 0.15) is 39.0 Å². The third kappa shape index (κ3) is 2.63. The lowest BCUT2D eigenvalue weighted by atomic mass is 9.95. The Labute approximate surface area is 118 Å². The molecule has 0 bridgehead atoms. The number of hydrazone groups is 1. The highest BCUT2D eigenvalue weighted by Gasteiger charge is 2.23. The van der Waals surface area contributed by atoms with E-state index in [0.29, 0.717) is 6.04 Å². The topological polar surface area (TPSA) is 28.5 Å². The summed E-state index contributed by atoms with van der Waals surface area (Å²) in [5.74, 6) is 0. The third-order valence-electron chi connectivity index (χ3n) is 3.64. The van der Waals surface area contributed by atoms with E-state index >= 15 is 0 Å². The van der Waals surface area contributed by atoms with E-state index in [1.165, 1.54) is 36.8 Å². The van der Waals surface area contributed by atoms with Crippen molar-refractivity contribution in [2.45, 2.75) is 45.1 Å². The Morgan fingerprint density at radius 2 is 2.05 bits per heavy atom. The summed E-state index contributed by atoms with van der Waals surface area (Å²) in [6.07, 6.45) is 8.32. The smallest absolute Gasteiger partial charge is 0.207 e. The zero-order chi connectivity index (χ0) is 13.1. The van der Waals surface area contributed by atoms with Crippen LogP contribution in [-0.2, 0) is 0 Å². The molecule has 1 saturated carbocycles. The maximum absolute atomic E-state index is 4.74. The minimum atomic E-state index is 0.519. The second kappa shape index (κ2) is 5.70. The van der Waals surface area contributed by atoms with Crippen LogP contribution in [0.5, 0.6) is 0 Å². The first-order valence-electron chi connectivity index (χ1n) is 7.02. The predicted octanol–water partition coefficient (Wildman–Crippen LogP) is 4.44. The van der Waals surface area contributed by atoms with Gasteiger partial charge in [0, 0.05) is 6.21 Å². The van der Waals surface area contributed by atoms with Gasteiger partial charge in [0.2, 0.25) is 5.13 Å². The Balaban J connectivity index is 1.94. The van der Waals surface area contributed by atoms with Crippen LogP contribution in [0.3, 0.4) is 0 Å². The van der Waals surface area contributed by atoms with Crippen LogP contribution in [0.2, 0.25) is 0 Å². The summed E-state index contributed by atoms with van der Waals surface area (Å²) in [6, 6.07) is 8.83. The van der Waals surface area contributed by atoms with Crippen LogP contribution in [0.25, 0.3) is 10.2 Å². The predicted molar refractivity (Wildman–Crippen MR) is 83.1 cm³/mol. The molecule has 100 valence electrons. The van der Waals surface area contributed by atoms with Gasteiger partial charge in [-0.25, -0.2) is 9.99 Å². The van der Waals surface area contributed by atoms with Crippen molar-refractivity contribution < 1.29 is 0 Å². The number of rotatable bonds is 3. The average molecular weight is 273 g/mol. The number of thiazole rings is 1. The molecule has 0 N–H and O–H groups in total. The van der Waals surface area contributed by atoms with E-state index in [2.05, 4.69) is 28.3 Å². The highest BCUT2D eigenvalue weighted by molar-refractivity contribution is 7.22. The Morgan fingerprint density at radius 3 is 2.79 bits per heavy atom. The molecular formula is C15H19N3S. The molecule has 2 aromatic rings. The van der Waals surface area contributed by atoms with Gasteiger partial charge in [-0.15, -0.1) is 0 Å². The van der Waals surface area contributed by atoms with Crippen LogP contribution >= 0.6 is 11.3 Å². The van der Waals surface area contributed by atoms with E-state index in [1.54, 1.807) is 11.3 Å². The van der Waals surface area contributed by atoms with E-state index in [4.69, 9.17) is 4.98 Å². The van der Waals surface area contributed by atoms with Crippen molar-refractivity contribution in [3.8, 4) is 0 Å². The van der Waals surface area contributed by atoms with Crippen molar-refractivity contribution >= 4 is 32.9 Å². The lowest BCUT2D eigenvalue weighted by Crippen LogP contribution is -2.32. The maximum Gasteiger partial charge on any atom is 0.207 e. The van der Waals surface area contributed by atoms with Gasteiger partial charge in [-0.2, -0.15) is 5.10 Å². The van der Waals surface area contributed by atoms with E-state index in [9.17, 15) is 0 Å². The standard InChI is InChI=1S/C15H19N3S/c1-2-16-18(12-8-4-3-5-9-12)15-17-13-10-6-7-11-14(13)19-15/h2,6-7,10-12H,3-5,8-9H2,1H3/b16-2+. The first-order chi connectivity index (χ1) is 9.38. The van der Waals surface area contributed by atoms with Gasteiger partial charge >= 0.3 is 0 Å². The zero-order valence-electron chi connectivity index (χ0n) is 11.2. The molecule has 0 aliphatic heterocycles. The minimum Gasteiger partial charge on any atom is -0.236 e. The van der Waals surface area contributed by atoms with Crippen molar-refractivity contribution in [3.63, 3.8) is 0 Å². The molecule has 0 radical (unpaired) electrons. The number of aromatic nitrogens is 1.